The van der Waals surface area contributed by atoms with Crippen molar-refractivity contribution in [2.75, 3.05) is 12.3 Å². The molecule has 4 fully saturated rings. The number of fused-ring (bicyclic) bond motifs is 2. The Hall–Kier alpha value is -2.74. The van der Waals surface area contributed by atoms with Gasteiger partial charge in [-0.2, -0.15) is 10.4 Å². The Bertz CT molecular complexity index is 1160. The molecule has 2 aromatic rings. The lowest BCUT2D eigenvalue weighted by atomic mass is 9.52. The molecule has 0 amide bonds. The van der Waals surface area contributed by atoms with Crippen molar-refractivity contribution < 1.29 is 23.7 Å². The average molecular weight is 453 g/mol. The van der Waals surface area contributed by atoms with Gasteiger partial charge in [0.05, 0.1) is 11.6 Å². The van der Waals surface area contributed by atoms with Crippen molar-refractivity contribution in [1.29, 1.82) is 5.26 Å². The summed E-state index contributed by atoms with van der Waals surface area (Å²) >= 11 is 0. The molecule has 1 spiro atoms. The number of nitrogen functional groups attached to an aromatic ring is 1. The highest BCUT2D eigenvalue weighted by Crippen LogP contribution is 2.59. The Morgan fingerprint density at radius 1 is 1.30 bits per heavy atom. The number of nitrogens with zero attached hydrogens (tertiary/aromatic N) is 4. The Morgan fingerprint density at radius 2 is 2.09 bits per heavy atom. The standard InChI is InChI=1S/C23H27N5O5/c1-21(2)32-17-15(10-30-20(29)13-8-22(9-13)6-3-7-22)31-23(11-24,18(17)33-21)16-5-4-14-19(25)26-12-27-28(14)16/h4-5,12-13,15,17-18H,3,6-10H2,1-2H3,(H2,25,26,27)/t15-,17-,18-,23+/m1/s1. The van der Waals surface area contributed by atoms with Gasteiger partial charge in [0.25, 0.3) is 0 Å². The molecule has 2 aromatic heterocycles. The summed E-state index contributed by atoms with van der Waals surface area (Å²) in [5.41, 5.74) is 5.88. The van der Waals surface area contributed by atoms with Gasteiger partial charge in [-0.3, -0.25) is 4.79 Å². The molecule has 4 atom stereocenters. The van der Waals surface area contributed by atoms with E-state index in [9.17, 15) is 10.1 Å². The third kappa shape index (κ3) is 2.99. The minimum absolute atomic E-state index is 0.00714. The first-order valence-corrected chi connectivity index (χ1v) is 11.5. The normalized spacial score (nSPS) is 33.9. The van der Waals surface area contributed by atoms with Crippen LogP contribution in [0.25, 0.3) is 5.52 Å². The molecule has 174 valence electrons. The van der Waals surface area contributed by atoms with Crippen LogP contribution >= 0.6 is 0 Å². The Morgan fingerprint density at radius 3 is 2.79 bits per heavy atom. The van der Waals surface area contributed by atoms with Crippen LogP contribution in [-0.4, -0.2) is 51.3 Å². The molecule has 2 saturated heterocycles. The van der Waals surface area contributed by atoms with E-state index < -0.39 is 29.7 Å². The lowest BCUT2D eigenvalue weighted by molar-refractivity contribution is -0.208. The molecule has 0 aromatic carbocycles. The maximum atomic E-state index is 12.7. The number of aromatic nitrogens is 3. The molecule has 10 nitrogen and oxygen atoms in total. The summed E-state index contributed by atoms with van der Waals surface area (Å²) in [6.45, 7) is 3.57. The van der Waals surface area contributed by atoms with Gasteiger partial charge >= 0.3 is 5.97 Å². The third-order valence-corrected chi connectivity index (χ3v) is 7.76. The zero-order valence-electron chi connectivity index (χ0n) is 18.7. The Labute approximate surface area is 190 Å². The lowest BCUT2D eigenvalue weighted by Gasteiger charge is -2.53. The van der Waals surface area contributed by atoms with E-state index in [1.165, 1.54) is 30.1 Å². The lowest BCUT2D eigenvalue weighted by Crippen LogP contribution is -2.46. The molecule has 0 bridgehead atoms. The van der Waals surface area contributed by atoms with Crippen LogP contribution in [0.5, 0.6) is 0 Å². The van der Waals surface area contributed by atoms with E-state index in [0.29, 0.717) is 16.6 Å². The van der Waals surface area contributed by atoms with Crippen LogP contribution in [0.1, 0.15) is 51.6 Å². The molecule has 0 radical (unpaired) electrons. The van der Waals surface area contributed by atoms with E-state index in [2.05, 4.69) is 16.2 Å². The average Bonchev–Trinajstić information content (AvgIpc) is 3.35. The van der Waals surface area contributed by atoms with Crippen LogP contribution in [-0.2, 0) is 29.3 Å². The Balaban J connectivity index is 1.26. The van der Waals surface area contributed by atoms with Crippen LogP contribution in [0.4, 0.5) is 5.82 Å². The molecule has 33 heavy (non-hydrogen) atoms. The number of hydrogen-bond acceptors (Lipinski definition) is 9. The smallest absolute Gasteiger partial charge is 0.309 e. The van der Waals surface area contributed by atoms with E-state index in [1.807, 2.05) is 0 Å². The van der Waals surface area contributed by atoms with E-state index in [-0.39, 0.29) is 24.3 Å². The zero-order chi connectivity index (χ0) is 23.0. The highest BCUT2D eigenvalue weighted by Gasteiger charge is 2.65. The summed E-state index contributed by atoms with van der Waals surface area (Å²) in [5, 5.41) is 14.6. The van der Waals surface area contributed by atoms with Gasteiger partial charge < -0.3 is 24.7 Å². The van der Waals surface area contributed by atoms with Crippen molar-refractivity contribution in [3.63, 3.8) is 0 Å². The molecule has 2 aliphatic carbocycles. The minimum Gasteiger partial charge on any atom is -0.463 e. The van der Waals surface area contributed by atoms with Crippen LogP contribution in [0, 0.1) is 22.7 Å². The quantitative estimate of drug-likeness (QED) is 0.690. The van der Waals surface area contributed by atoms with Gasteiger partial charge in [-0.25, -0.2) is 9.50 Å². The van der Waals surface area contributed by atoms with Gasteiger partial charge in [-0.05, 0) is 57.1 Å². The number of anilines is 1. The molecular formula is C23H27N5O5. The molecule has 10 heteroatoms. The van der Waals surface area contributed by atoms with Gasteiger partial charge in [-0.1, -0.05) is 6.42 Å². The maximum absolute atomic E-state index is 12.7. The highest BCUT2D eigenvalue weighted by molar-refractivity contribution is 5.74. The van der Waals surface area contributed by atoms with Crippen LogP contribution in [0.2, 0.25) is 0 Å². The summed E-state index contributed by atoms with van der Waals surface area (Å²) in [6.07, 6.45) is 4.86. The number of esters is 1. The summed E-state index contributed by atoms with van der Waals surface area (Å²) in [6, 6.07) is 5.77. The van der Waals surface area contributed by atoms with E-state index in [1.54, 1.807) is 26.0 Å². The zero-order valence-corrected chi connectivity index (χ0v) is 18.7. The first kappa shape index (κ1) is 20.8. The largest absolute Gasteiger partial charge is 0.463 e. The molecule has 2 N–H and O–H groups in total. The van der Waals surface area contributed by atoms with Gasteiger partial charge in [-0.15, -0.1) is 0 Å². The number of hydrogen-bond donors (Lipinski definition) is 1. The summed E-state index contributed by atoms with van der Waals surface area (Å²) in [7, 11) is 0. The maximum Gasteiger partial charge on any atom is 0.309 e. The number of carbonyl (C=O) groups is 1. The molecule has 4 heterocycles. The Kier molecular flexibility index (Phi) is 4.35. The summed E-state index contributed by atoms with van der Waals surface area (Å²) < 4.78 is 25.8. The number of ether oxygens (including phenoxy) is 4. The predicted octanol–water partition coefficient (Wildman–Crippen LogP) is 2.07. The molecule has 4 aliphatic rings. The van der Waals surface area contributed by atoms with Crippen LogP contribution in [0.3, 0.4) is 0 Å². The van der Waals surface area contributed by atoms with Crippen LogP contribution in [0.15, 0.2) is 18.5 Å². The second kappa shape index (κ2) is 6.88. The number of nitrogens with two attached hydrogens (primary N) is 1. The van der Waals surface area contributed by atoms with Gasteiger partial charge in [0.15, 0.2) is 11.6 Å². The van der Waals surface area contributed by atoms with Gasteiger partial charge in [0, 0.05) is 0 Å². The second-order valence-corrected chi connectivity index (χ2v) is 10.3. The van der Waals surface area contributed by atoms with Gasteiger partial charge in [0.1, 0.15) is 42.8 Å². The van der Waals surface area contributed by atoms with E-state index in [4.69, 9.17) is 24.7 Å². The summed E-state index contributed by atoms with van der Waals surface area (Å²) in [5.74, 6) is -0.878. The van der Waals surface area contributed by atoms with E-state index in [0.717, 1.165) is 12.8 Å². The van der Waals surface area contributed by atoms with Crippen molar-refractivity contribution in [1.82, 2.24) is 14.6 Å². The van der Waals surface area contributed by atoms with E-state index >= 15 is 0 Å². The first-order valence-electron chi connectivity index (χ1n) is 11.5. The highest BCUT2D eigenvalue weighted by atomic mass is 16.8. The molecule has 2 saturated carbocycles. The molecule has 0 unspecified atom stereocenters. The van der Waals surface area contributed by atoms with Gasteiger partial charge in [0.2, 0.25) is 5.60 Å². The topological polar surface area (TPSA) is 134 Å². The number of nitriles is 1. The second-order valence-electron chi connectivity index (χ2n) is 10.3. The van der Waals surface area contributed by atoms with Crippen molar-refractivity contribution in [3.8, 4) is 6.07 Å². The fraction of sp³-hybridized carbons (Fsp3) is 0.652. The number of carbonyl (C=O) groups excluding carboxylic acids is 1. The fourth-order valence-corrected chi connectivity index (χ4v) is 5.98. The van der Waals surface area contributed by atoms with Crippen molar-refractivity contribution in [2.24, 2.45) is 11.3 Å². The molecule has 6 rings (SSSR count). The minimum atomic E-state index is -1.52. The van der Waals surface area contributed by atoms with Crippen molar-refractivity contribution in [3.05, 3.63) is 24.2 Å². The molecular weight excluding hydrogens is 426 g/mol. The first-order chi connectivity index (χ1) is 15.8. The van der Waals surface area contributed by atoms with Crippen LogP contribution < -0.4 is 5.73 Å². The third-order valence-electron chi connectivity index (χ3n) is 7.76. The molecule has 2 aliphatic heterocycles. The van der Waals surface area contributed by atoms with Crippen molar-refractivity contribution in [2.45, 2.75) is 75.7 Å². The predicted molar refractivity (Wildman–Crippen MR) is 113 cm³/mol. The monoisotopic (exact) mass is 453 g/mol. The summed E-state index contributed by atoms with van der Waals surface area (Å²) in [4.78, 5) is 16.7. The number of rotatable bonds is 4. The van der Waals surface area contributed by atoms with Crippen molar-refractivity contribution >= 4 is 17.3 Å². The SMILES string of the molecule is CC1(C)O[C@H]2[C@@H](O1)[C@](C#N)(c1ccc3c(N)ncnn13)O[C@@H]2COC(=O)C1CC2(CCC2)C1. The fourth-order valence-electron chi connectivity index (χ4n) is 5.98.